The van der Waals surface area contributed by atoms with Crippen LogP contribution in [-0.2, 0) is 35.2 Å². The van der Waals surface area contributed by atoms with Crippen molar-refractivity contribution in [1.82, 2.24) is 20.9 Å². The van der Waals surface area contributed by atoms with E-state index in [0.717, 1.165) is 10.9 Å². The minimum Gasteiger partial charge on any atom is -0.481 e. The number of carbonyl (C=O) groups excluding carboxylic acids is 4. The maximum atomic E-state index is 13.3. The molecule has 212 valence electrons. The highest BCUT2D eigenvalue weighted by molar-refractivity contribution is 7.98. The van der Waals surface area contributed by atoms with Crippen LogP contribution < -0.4 is 27.4 Å². The number of aliphatic carboxylic acids is 2. The number of nitrogens with one attached hydrogen (secondary N) is 4. The molecule has 1 aromatic heterocycles. The Hall–Kier alpha value is -4.11. The summed E-state index contributed by atoms with van der Waals surface area (Å²) in [5, 5.41) is 26.3. The van der Waals surface area contributed by atoms with Crippen LogP contribution in [0.2, 0.25) is 0 Å². The summed E-state index contributed by atoms with van der Waals surface area (Å²) >= 11 is 1.40. The predicted octanol–water partition coefficient (Wildman–Crippen LogP) is -1.32. The predicted molar refractivity (Wildman–Crippen MR) is 142 cm³/mol. The fourth-order valence-corrected chi connectivity index (χ4v) is 4.21. The lowest BCUT2D eigenvalue weighted by Crippen LogP contribution is -2.58. The maximum absolute atomic E-state index is 13.3. The Balaban J connectivity index is 2.32. The zero-order valence-electron chi connectivity index (χ0n) is 21.1. The van der Waals surface area contributed by atoms with Crippen molar-refractivity contribution in [1.29, 1.82) is 0 Å². The number of aromatic amines is 1. The van der Waals surface area contributed by atoms with Gasteiger partial charge in [0.15, 0.2) is 0 Å². The number of nitrogens with two attached hydrogens (primary N) is 2. The third-order valence-corrected chi connectivity index (χ3v) is 6.37. The van der Waals surface area contributed by atoms with Crippen LogP contribution >= 0.6 is 11.8 Å². The van der Waals surface area contributed by atoms with Gasteiger partial charge in [-0.3, -0.25) is 24.0 Å². The van der Waals surface area contributed by atoms with E-state index in [1.165, 1.54) is 11.8 Å². The lowest BCUT2D eigenvalue weighted by Gasteiger charge is -2.25. The Morgan fingerprint density at radius 3 is 2.15 bits per heavy atom. The molecule has 2 aromatic rings. The number of fused-ring (bicyclic) bond motifs is 1. The topological polar surface area (TPSA) is 247 Å². The van der Waals surface area contributed by atoms with E-state index in [0.29, 0.717) is 11.3 Å². The summed E-state index contributed by atoms with van der Waals surface area (Å²) in [6, 6.07) is 1.69. The van der Waals surface area contributed by atoms with Crippen molar-refractivity contribution < 1.29 is 39.0 Å². The molecule has 0 aliphatic carbocycles. The number of para-hydroxylation sites is 1. The highest BCUT2D eigenvalue weighted by Gasteiger charge is 2.31. The number of amides is 4. The third-order valence-electron chi connectivity index (χ3n) is 5.73. The van der Waals surface area contributed by atoms with Crippen LogP contribution in [0.1, 0.15) is 24.8 Å². The molecular formula is C24H32N6O8S. The summed E-state index contributed by atoms with van der Waals surface area (Å²) in [5.41, 5.74) is 12.2. The van der Waals surface area contributed by atoms with Gasteiger partial charge in [-0.15, -0.1) is 0 Å². The minimum absolute atomic E-state index is 0.0780. The summed E-state index contributed by atoms with van der Waals surface area (Å²) in [6.07, 6.45) is 2.19. The molecule has 4 atom stereocenters. The first-order valence-corrected chi connectivity index (χ1v) is 13.3. The van der Waals surface area contributed by atoms with Crippen LogP contribution in [0.15, 0.2) is 30.5 Å². The molecule has 1 heterocycles. The van der Waals surface area contributed by atoms with Gasteiger partial charge in [-0.1, -0.05) is 18.2 Å². The number of benzene rings is 1. The number of primary amides is 1. The maximum Gasteiger partial charge on any atom is 0.326 e. The second kappa shape index (κ2) is 14.7. The first-order valence-electron chi connectivity index (χ1n) is 11.9. The number of H-pyrrole nitrogens is 1. The molecule has 1 aromatic carbocycles. The SMILES string of the molecule is CSCCC(NC(=O)C(N)CC(N)=O)C(=O)NC(Cc1c[nH]c2ccccc12)C(=O)NC(CC(=O)O)C(=O)O. The summed E-state index contributed by atoms with van der Waals surface area (Å²) in [6.45, 7) is 0. The minimum atomic E-state index is -1.74. The highest BCUT2D eigenvalue weighted by atomic mass is 32.2. The van der Waals surface area contributed by atoms with Crippen LogP contribution in [0.4, 0.5) is 0 Å². The van der Waals surface area contributed by atoms with Crippen molar-refractivity contribution >= 4 is 58.2 Å². The van der Waals surface area contributed by atoms with Crippen molar-refractivity contribution in [3.8, 4) is 0 Å². The van der Waals surface area contributed by atoms with Gasteiger partial charge < -0.3 is 42.6 Å². The summed E-state index contributed by atoms with van der Waals surface area (Å²) in [7, 11) is 0. The van der Waals surface area contributed by atoms with Gasteiger partial charge >= 0.3 is 11.9 Å². The first-order chi connectivity index (χ1) is 18.4. The number of carbonyl (C=O) groups is 6. The lowest BCUT2D eigenvalue weighted by molar-refractivity contribution is -0.147. The van der Waals surface area contributed by atoms with Crippen molar-refractivity contribution in [2.45, 2.75) is 49.9 Å². The van der Waals surface area contributed by atoms with Crippen LogP contribution in [0.3, 0.4) is 0 Å². The number of aromatic nitrogens is 1. The molecule has 0 saturated heterocycles. The Bertz CT molecular complexity index is 1220. The van der Waals surface area contributed by atoms with Gasteiger partial charge in [-0.25, -0.2) is 4.79 Å². The van der Waals surface area contributed by atoms with E-state index < -0.39 is 72.6 Å². The normalized spacial score (nSPS) is 14.0. The molecule has 4 amide bonds. The lowest BCUT2D eigenvalue weighted by atomic mass is 10.0. The smallest absolute Gasteiger partial charge is 0.326 e. The largest absolute Gasteiger partial charge is 0.481 e. The van der Waals surface area contributed by atoms with Gasteiger partial charge in [-0.05, 0) is 30.1 Å². The van der Waals surface area contributed by atoms with E-state index in [4.69, 9.17) is 16.6 Å². The Labute approximate surface area is 227 Å². The van der Waals surface area contributed by atoms with Crippen LogP contribution in [0, 0.1) is 0 Å². The number of hydrogen-bond acceptors (Lipinski definition) is 8. The van der Waals surface area contributed by atoms with E-state index in [1.54, 1.807) is 30.7 Å². The monoisotopic (exact) mass is 564 g/mol. The number of carboxylic acids is 2. The van der Waals surface area contributed by atoms with E-state index in [1.807, 2.05) is 6.07 Å². The second-order valence-corrected chi connectivity index (χ2v) is 9.73. The molecule has 0 fully saturated rings. The fraction of sp³-hybridized carbons (Fsp3) is 0.417. The zero-order chi connectivity index (χ0) is 29.1. The standard InChI is InChI=1S/C24H32N6O8S/c1-39-7-6-16(28-21(34)14(25)9-19(26)31)22(35)29-17(23(36)30-18(24(37)38)10-20(32)33)8-12-11-27-15-5-3-2-4-13(12)15/h2-5,11,14,16-18,27H,6-10,25H2,1H3,(H2,26,31)(H,28,34)(H,29,35)(H,30,36)(H,32,33)(H,37,38). The van der Waals surface area contributed by atoms with Crippen molar-refractivity contribution in [3.05, 3.63) is 36.0 Å². The molecule has 0 aliphatic rings. The zero-order valence-corrected chi connectivity index (χ0v) is 22.0. The van der Waals surface area contributed by atoms with Crippen LogP contribution in [0.5, 0.6) is 0 Å². The first kappa shape index (κ1) is 31.1. The van der Waals surface area contributed by atoms with Crippen LogP contribution in [-0.4, -0.2) is 86.9 Å². The quantitative estimate of drug-likeness (QED) is 0.119. The van der Waals surface area contributed by atoms with Gasteiger partial charge in [0, 0.05) is 23.5 Å². The van der Waals surface area contributed by atoms with Crippen molar-refractivity contribution in [2.75, 3.05) is 12.0 Å². The Morgan fingerprint density at radius 2 is 1.54 bits per heavy atom. The summed E-state index contributed by atoms with van der Waals surface area (Å²) in [5.74, 6) is -5.82. The fourth-order valence-electron chi connectivity index (χ4n) is 3.74. The van der Waals surface area contributed by atoms with E-state index in [-0.39, 0.29) is 12.8 Å². The van der Waals surface area contributed by atoms with Crippen molar-refractivity contribution in [3.63, 3.8) is 0 Å². The van der Waals surface area contributed by atoms with Gasteiger partial charge in [0.05, 0.1) is 18.9 Å². The molecule has 0 saturated carbocycles. The molecule has 2 rings (SSSR count). The number of rotatable bonds is 16. The van der Waals surface area contributed by atoms with Gasteiger partial charge in [0.2, 0.25) is 23.6 Å². The summed E-state index contributed by atoms with van der Waals surface area (Å²) < 4.78 is 0. The average molecular weight is 565 g/mol. The molecule has 0 spiro atoms. The summed E-state index contributed by atoms with van der Waals surface area (Å²) in [4.78, 5) is 75.7. The van der Waals surface area contributed by atoms with Gasteiger partial charge in [0.25, 0.3) is 0 Å². The van der Waals surface area contributed by atoms with E-state index in [2.05, 4.69) is 20.9 Å². The molecular weight excluding hydrogens is 532 g/mol. The number of carboxylic acid groups (broad SMARTS) is 2. The number of hydrogen-bond donors (Lipinski definition) is 8. The molecule has 15 heteroatoms. The van der Waals surface area contributed by atoms with Gasteiger partial charge in [-0.2, -0.15) is 11.8 Å². The third kappa shape index (κ3) is 9.61. The number of thioether (sulfide) groups is 1. The molecule has 0 bridgehead atoms. The molecule has 10 N–H and O–H groups in total. The van der Waals surface area contributed by atoms with Crippen LogP contribution in [0.25, 0.3) is 10.9 Å². The molecule has 0 radical (unpaired) electrons. The highest BCUT2D eigenvalue weighted by Crippen LogP contribution is 2.19. The Morgan fingerprint density at radius 1 is 0.923 bits per heavy atom. The molecule has 4 unspecified atom stereocenters. The Kier molecular flexibility index (Phi) is 11.7. The molecule has 0 aliphatic heterocycles. The molecule has 14 nitrogen and oxygen atoms in total. The van der Waals surface area contributed by atoms with E-state index in [9.17, 15) is 33.9 Å². The van der Waals surface area contributed by atoms with Crippen molar-refractivity contribution in [2.24, 2.45) is 11.5 Å². The average Bonchev–Trinajstić information content (AvgIpc) is 3.27. The van der Waals surface area contributed by atoms with Gasteiger partial charge in [0.1, 0.15) is 18.1 Å². The van der Waals surface area contributed by atoms with E-state index >= 15 is 0 Å². The molecule has 39 heavy (non-hydrogen) atoms. The second-order valence-electron chi connectivity index (χ2n) is 8.74.